The number of likely N-dealkylation sites (tertiary alicyclic amines) is 1. The average molecular weight is 220 g/mol. The third kappa shape index (κ3) is 3.38. The number of piperidine rings is 1. The van der Waals surface area contributed by atoms with Crippen LogP contribution in [-0.2, 0) is 0 Å². The number of hydrogen-bond acceptors (Lipinski definition) is 2. The van der Waals surface area contributed by atoms with Crippen LogP contribution in [-0.4, -0.2) is 44.0 Å². The quantitative estimate of drug-likeness (QED) is 0.765. The highest BCUT2D eigenvalue weighted by molar-refractivity contribution is 4.97. The lowest BCUT2D eigenvalue weighted by atomic mass is 9.72. The van der Waals surface area contributed by atoms with E-state index in [1.165, 1.54) is 0 Å². The molecular formula is C11H22F2N2. The molecule has 0 saturated carbocycles. The van der Waals surface area contributed by atoms with Gasteiger partial charge in [-0.05, 0) is 31.3 Å². The van der Waals surface area contributed by atoms with E-state index in [4.69, 9.17) is 0 Å². The summed E-state index contributed by atoms with van der Waals surface area (Å²) >= 11 is 0. The molecule has 0 atom stereocenters. The number of halogens is 2. The lowest BCUT2D eigenvalue weighted by Gasteiger charge is -2.52. The van der Waals surface area contributed by atoms with Crippen LogP contribution in [0.4, 0.5) is 8.78 Å². The first-order chi connectivity index (χ1) is 7.20. The molecule has 0 aromatic heterocycles. The first-order valence-electron chi connectivity index (χ1n) is 5.91. The molecule has 2 heterocycles. The van der Waals surface area contributed by atoms with E-state index < -0.39 is 6.43 Å². The van der Waals surface area contributed by atoms with Gasteiger partial charge in [-0.2, -0.15) is 0 Å². The van der Waals surface area contributed by atoms with E-state index in [9.17, 15) is 8.78 Å². The van der Waals surface area contributed by atoms with Crippen LogP contribution < -0.4 is 5.32 Å². The molecule has 2 aliphatic heterocycles. The summed E-state index contributed by atoms with van der Waals surface area (Å²) in [6.07, 6.45) is 0.151. The van der Waals surface area contributed by atoms with Crippen molar-refractivity contribution >= 4 is 0 Å². The molecule has 90 valence electrons. The first kappa shape index (κ1) is 12.8. The van der Waals surface area contributed by atoms with Crippen LogP contribution in [0.15, 0.2) is 0 Å². The molecule has 15 heavy (non-hydrogen) atoms. The highest BCUT2D eigenvalue weighted by atomic mass is 19.3. The van der Waals surface area contributed by atoms with Crippen molar-refractivity contribution in [3.63, 3.8) is 0 Å². The minimum atomic E-state index is -2.17. The van der Waals surface area contributed by atoms with Crippen molar-refractivity contribution in [2.75, 3.05) is 32.7 Å². The Labute approximate surface area is 91.0 Å². The number of nitrogens with zero attached hydrogens (tertiary/aromatic N) is 1. The second-order valence-corrected chi connectivity index (χ2v) is 4.31. The van der Waals surface area contributed by atoms with Gasteiger partial charge in [0.2, 0.25) is 0 Å². The summed E-state index contributed by atoms with van der Waals surface area (Å²) in [5.74, 6) is 0. The normalized spacial score (nSPS) is 24.6. The van der Waals surface area contributed by atoms with Crippen molar-refractivity contribution in [2.24, 2.45) is 5.41 Å². The van der Waals surface area contributed by atoms with E-state index in [0.29, 0.717) is 5.41 Å². The van der Waals surface area contributed by atoms with Crippen LogP contribution in [0.1, 0.15) is 26.7 Å². The molecule has 0 bridgehead atoms. The van der Waals surface area contributed by atoms with E-state index in [0.717, 1.165) is 39.0 Å². The molecule has 1 spiro atoms. The van der Waals surface area contributed by atoms with Gasteiger partial charge in [0.05, 0.1) is 6.54 Å². The molecular weight excluding hydrogens is 198 g/mol. The second-order valence-electron chi connectivity index (χ2n) is 4.31. The van der Waals surface area contributed by atoms with Crippen molar-refractivity contribution in [3.05, 3.63) is 0 Å². The standard InChI is InChI=1S/C9H16F2N2.C2H6/c10-8(11)5-13-6-9(7-13)1-3-12-4-2-9;1-2/h8,12H,1-7H2;1-2H3. The summed E-state index contributed by atoms with van der Waals surface area (Å²) in [5, 5.41) is 3.30. The summed E-state index contributed by atoms with van der Waals surface area (Å²) in [7, 11) is 0. The highest BCUT2D eigenvalue weighted by Crippen LogP contribution is 2.38. The van der Waals surface area contributed by atoms with Crippen LogP contribution >= 0.6 is 0 Å². The van der Waals surface area contributed by atoms with E-state index in [1.807, 2.05) is 18.7 Å². The molecule has 2 fully saturated rings. The van der Waals surface area contributed by atoms with E-state index in [2.05, 4.69) is 5.32 Å². The molecule has 0 aromatic rings. The fraction of sp³-hybridized carbons (Fsp3) is 1.00. The van der Waals surface area contributed by atoms with Gasteiger partial charge in [-0.15, -0.1) is 0 Å². The zero-order valence-corrected chi connectivity index (χ0v) is 9.73. The average Bonchev–Trinajstić information content (AvgIpc) is 2.19. The summed E-state index contributed by atoms with van der Waals surface area (Å²) < 4.78 is 24.0. The zero-order valence-electron chi connectivity index (χ0n) is 9.73. The molecule has 0 aromatic carbocycles. The number of hydrogen-bond donors (Lipinski definition) is 1. The fourth-order valence-corrected chi connectivity index (χ4v) is 2.50. The van der Waals surface area contributed by atoms with Crippen molar-refractivity contribution in [1.29, 1.82) is 0 Å². The Morgan fingerprint density at radius 1 is 1.20 bits per heavy atom. The highest BCUT2D eigenvalue weighted by Gasteiger charge is 2.43. The summed E-state index contributed by atoms with van der Waals surface area (Å²) in [6, 6.07) is 0. The SMILES string of the molecule is CC.FC(F)CN1CC2(CCNCC2)C1. The minimum Gasteiger partial charge on any atom is -0.317 e. The van der Waals surface area contributed by atoms with Gasteiger partial charge in [-0.1, -0.05) is 13.8 Å². The Balaban J connectivity index is 0.000000531. The molecule has 2 rings (SSSR count). The Bertz CT molecular complexity index is 171. The monoisotopic (exact) mass is 220 g/mol. The molecule has 1 N–H and O–H groups in total. The molecule has 0 unspecified atom stereocenters. The molecule has 2 aliphatic rings. The van der Waals surface area contributed by atoms with Crippen molar-refractivity contribution < 1.29 is 8.78 Å². The van der Waals surface area contributed by atoms with Gasteiger partial charge >= 0.3 is 0 Å². The third-order valence-corrected chi connectivity index (χ3v) is 3.18. The molecule has 0 radical (unpaired) electrons. The summed E-state index contributed by atoms with van der Waals surface area (Å²) in [4.78, 5) is 1.87. The van der Waals surface area contributed by atoms with Crippen molar-refractivity contribution in [1.82, 2.24) is 10.2 Å². The van der Waals surface area contributed by atoms with Crippen LogP contribution in [0.2, 0.25) is 0 Å². The van der Waals surface area contributed by atoms with Crippen LogP contribution in [0.3, 0.4) is 0 Å². The summed E-state index contributed by atoms with van der Waals surface area (Å²) in [5.41, 5.74) is 0.389. The van der Waals surface area contributed by atoms with Gasteiger partial charge in [-0.25, -0.2) is 8.78 Å². The lowest BCUT2D eigenvalue weighted by Crippen LogP contribution is -2.60. The predicted octanol–water partition coefficient (Wildman–Crippen LogP) is 1.96. The Hall–Kier alpha value is -0.220. The molecule has 0 amide bonds. The van der Waals surface area contributed by atoms with E-state index in [-0.39, 0.29) is 6.54 Å². The van der Waals surface area contributed by atoms with Gasteiger partial charge in [0, 0.05) is 13.1 Å². The molecule has 4 heteroatoms. The van der Waals surface area contributed by atoms with Crippen molar-refractivity contribution in [3.8, 4) is 0 Å². The minimum absolute atomic E-state index is 0.0326. The largest absolute Gasteiger partial charge is 0.317 e. The topological polar surface area (TPSA) is 15.3 Å². The van der Waals surface area contributed by atoms with E-state index in [1.54, 1.807) is 0 Å². The van der Waals surface area contributed by atoms with Gasteiger partial charge < -0.3 is 5.32 Å². The number of nitrogens with one attached hydrogen (secondary N) is 1. The van der Waals surface area contributed by atoms with Gasteiger partial charge in [0.15, 0.2) is 0 Å². The van der Waals surface area contributed by atoms with Gasteiger partial charge in [0.25, 0.3) is 6.43 Å². The van der Waals surface area contributed by atoms with Crippen LogP contribution in [0, 0.1) is 5.41 Å². The Morgan fingerprint density at radius 2 is 1.73 bits per heavy atom. The van der Waals surface area contributed by atoms with Gasteiger partial charge in [0.1, 0.15) is 0 Å². The Kier molecular flexibility index (Phi) is 4.93. The smallest absolute Gasteiger partial charge is 0.251 e. The Morgan fingerprint density at radius 3 is 2.20 bits per heavy atom. The maximum atomic E-state index is 12.0. The number of alkyl halides is 2. The molecule has 2 saturated heterocycles. The fourth-order valence-electron chi connectivity index (χ4n) is 2.50. The van der Waals surface area contributed by atoms with Crippen LogP contribution in [0.5, 0.6) is 0 Å². The van der Waals surface area contributed by atoms with Gasteiger partial charge in [-0.3, -0.25) is 4.90 Å². The molecule has 0 aliphatic carbocycles. The van der Waals surface area contributed by atoms with Crippen molar-refractivity contribution in [2.45, 2.75) is 33.1 Å². The maximum absolute atomic E-state index is 12.0. The third-order valence-electron chi connectivity index (χ3n) is 3.18. The predicted molar refractivity (Wildman–Crippen MR) is 58.3 cm³/mol. The maximum Gasteiger partial charge on any atom is 0.251 e. The number of rotatable bonds is 2. The van der Waals surface area contributed by atoms with Crippen LogP contribution in [0.25, 0.3) is 0 Å². The summed E-state index contributed by atoms with van der Waals surface area (Å²) in [6.45, 7) is 7.86. The zero-order chi connectivity index (χ0) is 11.3. The lowest BCUT2D eigenvalue weighted by molar-refractivity contribution is -0.0517. The van der Waals surface area contributed by atoms with E-state index >= 15 is 0 Å². The second kappa shape index (κ2) is 5.75. The molecule has 2 nitrogen and oxygen atoms in total. The first-order valence-corrected chi connectivity index (χ1v) is 5.91.